The second-order valence-electron chi connectivity index (χ2n) is 7.04. The second-order valence-corrected chi connectivity index (χ2v) is 7.95. The van der Waals surface area contributed by atoms with Gasteiger partial charge in [0.15, 0.2) is 23.7 Å². The quantitative estimate of drug-likeness (QED) is 0.278. The van der Waals surface area contributed by atoms with Gasteiger partial charge >= 0.3 is 0 Å². The lowest BCUT2D eigenvalue weighted by molar-refractivity contribution is 0.126. The second kappa shape index (κ2) is 7.92. The number of rotatable bonds is 5. The molecule has 0 spiro atoms. The Labute approximate surface area is 186 Å². The van der Waals surface area contributed by atoms with E-state index in [0.717, 1.165) is 43.8 Å². The third kappa shape index (κ3) is 3.57. The number of pyridine rings is 1. The van der Waals surface area contributed by atoms with E-state index in [-0.39, 0.29) is 6.61 Å². The molecule has 9 heteroatoms. The van der Waals surface area contributed by atoms with Crippen molar-refractivity contribution in [2.24, 2.45) is 5.16 Å². The molecule has 0 aliphatic heterocycles. The van der Waals surface area contributed by atoms with Crippen LogP contribution in [0.2, 0.25) is 0 Å². The van der Waals surface area contributed by atoms with Gasteiger partial charge in [-0.05, 0) is 53.0 Å². The van der Waals surface area contributed by atoms with Crippen LogP contribution in [0.4, 0.5) is 0 Å². The van der Waals surface area contributed by atoms with Crippen molar-refractivity contribution in [2.75, 3.05) is 0 Å². The van der Waals surface area contributed by atoms with Gasteiger partial charge in [-0.2, -0.15) is 0 Å². The molecule has 0 aliphatic carbocycles. The van der Waals surface area contributed by atoms with Crippen molar-refractivity contribution in [2.45, 2.75) is 20.5 Å². The topological polar surface area (TPSA) is 82.5 Å². The average molecular weight is 476 g/mol. The minimum Gasteiger partial charge on any atom is -0.387 e. The molecule has 154 valence electrons. The standard InChI is InChI=1S/C22H18BrN7O/c1-14-15(2)30(19-9-8-17(23)11-24-19)21-20(14)22-27-18(28-29(22)13-25-21)12-31-26-10-16-6-4-3-5-7-16/h3-11,13H,12H2,1-2H3/b26-10-. The maximum Gasteiger partial charge on any atom is 0.192 e. The fourth-order valence-corrected chi connectivity index (χ4v) is 3.71. The third-order valence-electron chi connectivity index (χ3n) is 5.09. The monoisotopic (exact) mass is 475 g/mol. The van der Waals surface area contributed by atoms with Crippen LogP contribution in [-0.2, 0) is 11.4 Å². The Balaban J connectivity index is 1.49. The van der Waals surface area contributed by atoms with E-state index in [1.165, 1.54) is 0 Å². The van der Waals surface area contributed by atoms with Crippen molar-refractivity contribution in [3.05, 3.63) is 82.1 Å². The number of oxime groups is 1. The summed E-state index contributed by atoms with van der Waals surface area (Å²) in [6, 6.07) is 13.7. The number of fused-ring (bicyclic) bond motifs is 3. The van der Waals surface area contributed by atoms with Gasteiger partial charge < -0.3 is 4.84 Å². The molecule has 4 heterocycles. The van der Waals surface area contributed by atoms with E-state index in [1.54, 1.807) is 23.3 Å². The molecule has 0 atom stereocenters. The molecule has 0 saturated heterocycles. The predicted molar refractivity (Wildman–Crippen MR) is 121 cm³/mol. The summed E-state index contributed by atoms with van der Waals surface area (Å²) in [5.41, 5.74) is 4.62. The van der Waals surface area contributed by atoms with Gasteiger partial charge in [-0.3, -0.25) is 4.57 Å². The molecule has 0 unspecified atom stereocenters. The summed E-state index contributed by atoms with van der Waals surface area (Å²) in [5.74, 6) is 1.33. The fourth-order valence-electron chi connectivity index (χ4n) is 3.48. The number of nitrogens with zero attached hydrogens (tertiary/aromatic N) is 7. The Bertz CT molecular complexity index is 1410. The molecular weight excluding hydrogens is 458 g/mol. The normalized spacial score (nSPS) is 11.7. The molecule has 0 bridgehead atoms. The average Bonchev–Trinajstić information content (AvgIpc) is 3.31. The first-order valence-corrected chi connectivity index (χ1v) is 10.5. The highest BCUT2D eigenvalue weighted by molar-refractivity contribution is 9.10. The molecule has 0 fully saturated rings. The molecule has 31 heavy (non-hydrogen) atoms. The first-order chi connectivity index (χ1) is 15.1. The highest BCUT2D eigenvalue weighted by Gasteiger charge is 2.19. The molecule has 8 nitrogen and oxygen atoms in total. The molecule has 5 aromatic rings. The van der Waals surface area contributed by atoms with Gasteiger partial charge in [0.25, 0.3) is 0 Å². The van der Waals surface area contributed by atoms with Crippen LogP contribution in [0.25, 0.3) is 22.5 Å². The summed E-state index contributed by atoms with van der Waals surface area (Å²) < 4.78 is 4.63. The van der Waals surface area contributed by atoms with Crippen LogP contribution in [-0.4, -0.2) is 35.3 Å². The van der Waals surface area contributed by atoms with E-state index in [9.17, 15) is 0 Å². The van der Waals surface area contributed by atoms with Crippen LogP contribution in [0.15, 0.2) is 64.6 Å². The summed E-state index contributed by atoms with van der Waals surface area (Å²) in [6.07, 6.45) is 5.10. The number of hydrogen-bond donors (Lipinski definition) is 0. The first kappa shape index (κ1) is 19.4. The molecule has 0 N–H and O–H groups in total. The van der Waals surface area contributed by atoms with Gasteiger partial charge in [0.05, 0.1) is 11.6 Å². The Morgan fingerprint density at radius 3 is 2.68 bits per heavy atom. The van der Waals surface area contributed by atoms with E-state index in [1.807, 2.05) is 47.0 Å². The molecule has 0 amide bonds. The van der Waals surface area contributed by atoms with Crippen molar-refractivity contribution >= 4 is 38.8 Å². The van der Waals surface area contributed by atoms with Crippen LogP contribution < -0.4 is 0 Å². The summed E-state index contributed by atoms with van der Waals surface area (Å²) in [6.45, 7) is 4.28. The zero-order chi connectivity index (χ0) is 21.4. The van der Waals surface area contributed by atoms with Crippen LogP contribution in [0.3, 0.4) is 0 Å². The van der Waals surface area contributed by atoms with Crippen LogP contribution >= 0.6 is 15.9 Å². The van der Waals surface area contributed by atoms with Crippen LogP contribution in [0.5, 0.6) is 0 Å². The van der Waals surface area contributed by atoms with Gasteiger partial charge in [0, 0.05) is 16.4 Å². The summed E-state index contributed by atoms with van der Waals surface area (Å²) >= 11 is 3.44. The SMILES string of the molecule is Cc1c(C)n(-c2ccc(Br)cn2)c2ncn3nc(CO/N=C\c4ccccc4)nc3c12. The third-order valence-corrected chi connectivity index (χ3v) is 5.56. The molecule has 5 rings (SSSR count). The van der Waals surface area contributed by atoms with Gasteiger partial charge in [0.2, 0.25) is 0 Å². The summed E-state index contributed by atoms with van der Waals surface area (Å²) in [4.78, 5) is 19.2. The lowest BCUT2D eigenvalue weighted by atomic mass is 10.2. The number of halogens is 1. The number of benzene rings is 1. The number of aryl methyl sites for hydroxylation is 1. The maximum atomic E-state index is 5.40. The van der Waals surface area contributed by atoms with E-state index < -0.39 is 0 Å². The van der Waals surface area contributed by atoms with Crippen molar-refractivity contribution in [3.63, 3.8) is 0 Å². The number of hydrogen-bond acceptors (Lipinski definition) is 6. The van der Waals surface area contributed by atoms with Crippen LogP contribution in [0.1, 0.15) is 22.6 Å². The smallest absolute Gasteiger partial charge is 0.192 e. The highest BCUT2D eigenvalue weighted by Crippen LogP contribution is 2.29. The van der Waals surface area contributed by atoms with Crippen molar-refractivity contribution in [1.82, 2.24) is 29.1 Å². The van der Waals surface area contributed by atoms with Crippen LogP contribution in [0, 0.1) is 13.8 Å². The van der Waals surface area contributed by atoms with Crippen molar-refractivity contribution in [3.8, 4) is 5.82 Å². The Kier molecular flexibility index (Phi) is 4.95. The van der Waals surface area contributed by atoms with E-state index in [0.29, 0.717) is 5.82 Å². The Hall–Kier alpha value is -3.59. The summed E-state index contributed by atoms with van der Waals surface area (Å²) in [7, 11) is 0. The largest absolute Gasteiger partial charge is 0.387 e. The molecule has 4 aromatic heterocycles. The highest BCUT2D eigenvalue weighted by atomic mass is 79.9. The van der Waals surface area contributed by atoms with Crippen molar-refractivity contribution in [1.29, 1.82) is 0 Å². The van der Waals surface area contributed by atoms with Gasteiger partial charge in [-0.1, -0.05) is 35.5 Å². The molecule has 0 saturated carbocycles. The molecule has 0 radical (unpaired) electrons. The Morgan fingerprint density at radius 2 is 1.90 bits per heavy atom. The molecular formula is C22H18BrN7O. The minimum atomic E-state index is 0.166. The molecule has 1 aromatic carbocycles. The van der Waals surface area contributed by atoms with Gasteiger partial charge in [0.1, 0.15) is 12.1 Å². The predicted octanol–water partition coefficient (Wildman–Crippen LogP) is 4.39. The van der Waals surface area contributed by atoms with Gasteiger partial charge in [-0.15, -0.1) is 5.10 Å². The van der Waals surface area contributed by atoms with E-state index >= 15 is 0 Å². The van der Waals surface area contributed by atoms with E-state index in [4.69, 9.17) is 4.84 Å². The zero-order valence-electron chi connectivity index (χ0n) is 16.9. The van der Waals surface area contributed by atoms with E-state index in [2.05, 4.69) is 55.0 Å². The minimum absolute atomic E-state index is 0.166. The fraction of sp³-hybridized carbons (Fsp3) is 0.136. The molecule has 0 aliphatic rings. The Morgan fingerprint density at radius 1 is 1.06 bits per heavy atom. The lowest BCUT2D eigenvalue weighted by Gasteiger charge is -2.06. The maximum absolute atomic E-state index is 5.40. The summed E-state index contributed by atoms with van der Waals surface area (Å²) in [5, 5.41) is 9.43. The van der Waals surface area contributed by atoms with Crippen molar-refractivity contribution < 1.29 is 4.84 Å². The van der Waals surface area contributed by atoms with Gasteiger partial charge in [-0.25, -0.2) is 19.5 Å². The zero-order valence-corrected chi connectivity index (χ0v) is 18.5. The lowest BCUT2D eigenvalue weighted by Crippen LogP contribution is -2.01. The first-order valence-electron chi connectivity index (χ1n) is 9.66. The number of aromatic nitrogens is 6.